The first-order valence-corrected chi connectivity index (χ1v) is 9.75. The Morgan fingerprint density at radius 3 is 2.63 bits per heavy atom. The van der Waals surface area contributed by atoms with Crippen LogP contribution in [0.25, 0.3) is 0 Å². The van der Waals surface area contributed by atoms with Gasteiger partial charge in [-0.05, 0) is 68.5 Å². The van der Waals surface area contributed by atoms with Crippen molar-refractivity contribution in [2.45, 2.75) is 56.7 Å². The number of carbonyl (C=O) groups is 3. The molecule has 2 N–H and O–H groups in total. The average molecular weight is 369 g/mol. The van der Waals surface area contributed by atoms with Gasteiger partial charge in [-0.15, -0.1) is 0 Å². The molecule has 5 rings (SSSR count). The normalized spacial score (nSPS) is 26.4. The van der Waals surface area contributed by atoms with Gasteiger partial charge in [0.2, 0.25) is 11.8 Å². The van der Waals surface area contributed by atoms with E-state index in [0.717, 1.165) is 55.6 Å². The van der Waals surface area contributed by atoms with Crippen LogP contribution in [0.5, 0.6) is 5.75 Å². The summed E-state index contributed by atoms with van der Waals surface area (Å²) in [6, 6.07) is 3.38. The lowest BCUT2D eigenvalue weighted by molar-refractivity contribution is -0.136. The van der Waals surface area contributed by atoms with Gasteiger partial charge < -0.3 is 15.0 Å². The van der Waals surface area contributed by atoms with Crippen LogP contribution in [0, 0.1) is 0 Å². The zero-order valence-electron chi connectivity index (χ0n) is 15.2. The molecule has 0 unspecified atom stereocenters. The molecule has 7 nitrogen and oxygen atoms in total. The predicted molar refractivity (Wildman–Crippen MR) is 96.3 cm³/mol. The van der Waals surface area contributed by atoms with E-state index < -0.39 is 6.04 Å². The van der Waals surface area contributed by atoms with E-state index in [4.69, 9.17) is 4.74 Å². The second-order valence-corrected chi connectivity index (χ2v) is 8.05. The van der Waals surface area contributed by atoms with Crippen LogP contribution in [0.2, 0.25) is 0 Å². The molecule has 2 fully saturated rings. The summed E-state index contributed by atoms with van der Waals surface area (Å²) in [6.45, 7) is 2.34. The number of piperidine rings is 2. The van der Waals surface area contributed by atoms with Gasteiger partial charge in [-0.2, -0.15) is 0 Å². The number of fused-ring (bicyclic) bond motifs is 2. The summed E-state index contributed by atoms with van der Waals surface area (Å²) >= 11 is 0. The lowest BCUT2D eigenvalue weighted by Gasteiger charge is -2.41. The Hall–Kier alpha value is -2.41. The predicted octanol–water partition coefficient (Wildman–Crippen LogP) is 0.895. The quantitative estimate of drug-likeness (QED) is 0.718. The lowest BCUT2D eigenvalue weighted by Crippen LogP contribution is -2.52. The molecule has 1 aromatic rings. The number of benzene rings is 1. The first-order valence-electron chi connectivity index (χ1n) is 9.75. The van der Waals surface area contributed by atoms with Crippen molar-refractivity contribution in [2.24, 2.45) is 0 Å². The highest BCUT2D eigenvalue weighted by atomic mass is 16.5. The van der Waals surface area contributed by atoms with Gasteiger partial charge in [-0.3, -0.25) is 19.7 Å². The molecule has 2 saturated heterocycles. The van der Waals surface area contributed by atoms with E-state index in [-0.39, 0.29) is 29.7 Å². The molecule has 0 aromatic heterocycles. The Morgan fingerprint density at radius 2 is 1.85 bits per heavy atom. The van der Waals surface area contributed by atoms with Gasteiger partial charge in [0.25, 0.3) is 5.91 Å². The van der Waals surface area contributed by atoms with Crippen LogP contribution in [0.15, 0.2) is 12.1 Å². The summed E-state index contributed by atoms with van der Waals surface area (Å²) in [6.07, 6.45) is 4.59. The second kappa shape index (κ2) is 6.05. The second-order valence-electron chi connectivity index (χ2n) is 8.05. The van der Waals surface area contributed by atoms with Crippen LogP contribution in [0.3, 0.4) is 0 Å². The molecule has 7 heteroatoms. The molecule has 142 valence electrons. The third-order valence-corrected chi connectivity index (χ3v) is 6.40. The van der Waals surface area contributed by atoms with Crippen molar-refractivity contribution in [1.82, 2.24) is 15.5 Å². The van der Waals surface area contributed by atoms with E-state index in [2.05, 4.69) is 16.7 Å². The van der Waals surface area contributed by atoms with Crippen molar-refractivity contribution in [2.75, 3.05) is 13.1 Å². The fourth-order valence-corrected chi connectivity index (χ4v) is 4.82. The number of imide groups is 1. The highest BCUT2D eigenvalue weighted by Crippen LogP contribution is 2.41. The summed E-state index contributed by atoms with van der Waals surface area (Å²) < 4.78 is 6.42. The Balaban J connectivity index is 1.41. The molecule has 1 aromatic carbocycles. The molecular weight excluding hydrogens is 346 g/mol. The Morgan fingerprint density at radius 1 is 1.04 bits per heavy atom. The Bertz CT molecular complexity index is 844. The van der Waals surface area contributed by atoms with Crippen LogP contribution in [0.1, 0.15) is 53.6 Å². The molecule has 4 aliphatic heterocycles. The number of nitrogens with one attached hydrogen (secondary N) is 2. The zero-order valence-corrected chi connectivity index (χ0v) is 15.2. The molecule has 1 atom stereocenters. The molecule has 1 spiro atoms. The van der Waals surface area contributed by atoms with Crippen molar-refractivity contribution < 1.29 is 19.1 Å². The average Bonchev–Trinajstić information content (AvgIpc) is 2.96. The highest BCUT2D eigenvalue weighted by molar-refractivity contribution is 6.05. The molecule has 4 aliphatic rings. The van der Waals surface area contributed by atoms with E-state index in [1.165, 1.54) is 0 Å². The first kappa shape index (κ1) is 16.7. The number of hydrogen-bond donors (Lipinski definition) is 2. The van der Waals surface area contributed by atoms with E-state index in [1.54, 1.807) is 4.90 Å². The monoisotopic (exact) mass is 369 g/mol. The molecule has 27 heavy (non-hydrogen) atoms. The summed E-state index contributed by atoms with van der Waals surface area (Å²) in [5.41, 5.74) is 2.62. The minimum atomic E-state index is -0.573. The Kier molecular flexibility index (Phi) is 3.75. The fourth-order valence-electron chi connectivity index (χ4n) is 4.82. The van der Waals surface area contributed by atoms with Gasteiger partial charge in [-0.25, -0.2) is 0 Å². The van der Waals surface area contributed by atoms with Crippen molar-refractivity contribution in [3.05, 3.63) is 28.8 Å². The molecule has 0 bridgehead atoms. The first-order chi connectivity index (χ1) is 13.0. The number of amides is 3. The maximum atomic E-state index is 13.0. The summed E-state index contributed by atoms with van der Waals surface area (Å²) in [7, 11) is 0. The van der Waals surface area contributed by atoms with Crippen LogP contribution < -0.4 is 15.4 Å². The minimum absolute atomic E-state index is 0.114. The van der Waals surface area contributed by atoms with Crippen LogP contribution in [0.4, 0.5) is 0 Å². The largest absolute Gasteiger partial charge is 0.487 e. The molecular formula is C20H23N3O4. The molecule has 0 radical (unpaired) electrons. The van der Waals surface area contributed by atoms with Crippen molar-refractivity contribution in [3.63, 3.8) is 0 Å². The van der Waals surface area contributed by atoms with Gasteiger partial charge in [0.05, 0.1) is 0 Å². The summed E-state index contributed by atoms with van der Waals surface area (Å²) in [5.74, 6) is 0.0369. The van der Waals surface area contributed by atoms with Crippen LogP contribution >= 0.6 is 0 Å². The van der Waals surface area contributed by atoms with Gasteiger partial charge in [-0.1, -0.05) is 0 Å². The minimum Gasteiger partial charge on any atom is -0.487 e. The SMILES string of the molecule is O=C1CC[C@H](N2Cc3cc4c(cc3C2=O)OC2(CCNCC2)CC4)C(=O)N1. The highest BCUT2D eigenvalue weighted by Gasteiger charge is 2.42. The van der Waals surface area contributed by atoms with E-state index in [0.29, 0.717) is 18.5 Å². The smallest absolute Gasteiger partial charge is 0.255 e. The maximum Gasteiger partial charge on any atom is 0.255 e. The van der Waals surface area contributed by atoms with E-state index >= 15 is 0 Å². The van der Waals surface area contributed by atoms with E-state index in [1.807, 2.05) is 6.07 Å². The number of hydrogen-bond acceptors (Lipinski definition) is 5. The van der Waals surface area contributed by atoms with Gasteiger partial charge >= 0.3 is 0 Å². The van der Waals surface area contributed by atoms with Gasteiger partial charge in [0.1, 0.15) is 17.4 Å². The van der Waals surface area contributed by atoms with Crippen molar-refractivity contribution >= 4 is 17.7 Å². The number of rotatable bonds is 1. The van der Waals surface area contributed by atoms with Gasteiger partial charge in [0, 0.05) is 18.5 Å². The Labute approximate surface area is 157 Å². The molecule has 3 amide bonds. The fraction of sp³-hybridized carbons (Fsp3) is 0.550. The third kappa shape index (κ3) is 2.72. The zero-order chi connectivity index (χ0) is 18.6. The van der Waals surface area contributed by atoms with Crippen molar-refractivity contribution in [3.8, 4) is 5.75 Å². The topological polar surface area (TPSA) is 87.7 Å². The summed E-state index contributed by atoms with van der Waals surface area (Å²) in [5, 5.41) is 5.72. The van der Waals surface area contributed by atoms with Crippen LogP contribution in [-0.4, -0.2) is 47.4 Å². The third-order valence-electron chi connectivity index (χ3n) is 6.40. The molecule has 4 heterocycles. The molecule has 0 saturated carbocycles. The maximum absolute atomic E-state index is 13.0. The molecule has 0 aliphatic carbocycles. The van der Waals surface area contributed by atoms with Crippen molar-refractivity contribution in [1.29, 1.82) is 0 Å². The standard InChI is InChI=1S/C20H23N3O4/c24-17-2-1-15(18(25)22-17)23-11-13-9-12-3-4-20(5-7-21-8-6-20)27-16(12)10-14(13)19(23)26/h9-10,15,21H,1-8,11H2,(H,22,24,25)/t15-/m0/s1. The lowest BCUT2D eigenvalue weighted by atomic mass is 9.83. The number of nitrogens with zero attached hydrogens (tertiary/aromatic N) is 1. The van der Waals surface area contributed by atoms with Gasteiger partial charge in [0.15, 0.2) is 0 Å². The number of aryl methyl sites for hydroxylation is 1. The number of carbonyl (C=O) groups excluding carboxylic acids is 3. The number of ether oxygens (including phenoxy) is 1. The summed E-state index contributed by atoms with van der Waals surface area (Å²) in [4.78, 5) is 38.2. The van der Waals surface area contributed by atoms with Crippen LogP contribution in [-0.2, 0) is 22.6 Å². The van der Waals surface area contributed by atoms with E-state index in [9.17, 15) is 14.4 Å².